The zero-order valence-electron chi connectivity index (χ0n) is 17.6. The number of ether oxygens (including phenoxy) is 1. The van der Waals surface area contributed by atoms with Crippen molar-refractivity contribution in [2.45, 2.75) is 63.9 Å². The molecule has 150 valence electrons. The van der Waals surface area contributed by atoms with Crippen LogP contribution in [0.4, 0.5) is 0 Å². The first-order valence-electron chi connectivity index (χ1n) is 10.6. The molecule has 0 amide bonds. The number of allylic oxidation sites excluding steroid dienone is 4. The molecule has 0 aromatic heterocycles. The van der Waals surface area contributed by atoms with Crippen molar-refractivity contribution in [1.82, 2.24) is 10.4 Å². The smallest absolute Gasteiger partial charge is 0.0632 e. The summed E-state index contributed by atoms with van der Waals surface area (Å²) in [6.07, 6.45) is 18.7. The lowest BCUT2D eigenvalue weighted by Gasteiger charge is -2.39. The summed E-state index contributed by atoms with van der Waals surface area (Å²) in [5.41, 5.74) is 5.41. The highest BCUT2D eigenvalue weighted by Crippen LogP contribution is 2.58. The third kappa shape index (κ3) is 4.82. The van der Waals surface area contributed by atoms with E-state index in [9.17, 15) is 0 Å². The van der Waals surface area contributed by atoms with Crippen LogP contribution in [0.1, 0.15) is 40.5 Å². The minimum Gasteiger partial charge on any atom is -0.383 e. The quantitative estimate of drug-likeness (QED) is 0.558. The molecule has 0 spiro atoms. The van der Waals surface area contributed by atoms with Crippen LogP contribution in [0.25, 0.3) is 0 Å². The van der Waals surface area contributed by atoms with E-state index in [1.807, 2.05) is 7.11 Å². The van der Waals surface area contributed by atoms with Gasteiger partial charge in [-0.25, -0.2) is 10.4 Å². The summed E-state index contributed by atoms with van der Waals surface area (Å²) in [6.45, 7) is 11.5. The van der Waals surface area contributed by atoms with Gasteiger partial charge in [0.15, 0.2) is 0 Å². The highest BCUT2D eigenvalue weighted by molar-refractivity contribution is 7.63. The standard InChI is InChI=1S/C23H37N2OP/c1-17(2)27(18(3)4)22-14-8-13-21(22)23(19-10-6-7-11-19)24-25-15-9-12-20(25)16-26-5/h6-8,10-11,13-14,17-21,23-24H,9,12,15-16H2,1-5H3/t20-,21?,23?/m0/s1. The Labute approximate surface area is 167 Å². The van der Waals surface area contributed by atoms with Crippen molar-refractivity contribution in [2.24, 2.45) is 11.8 Å². The molecule has 1 heterocycles. The molecule has 1 fully saturated rings. The molecule has 2 unspecified atom stereocenters. The molecule has 3 nitrogen and oxygen atoms in total. The summed E-state index contributed by atoms with van der Waals surface area (Å²) >= 11 is 0. The summed E-state index contributed by atoms with van der Waals surface area (Å²) in [7, 11) is 1.68. The van der Waals surface area contributed by atoms with Crippen LogP contribution >= 0.6 is 7.92 Å². The Balaban J connectivity index is 1.82. The molecule has 27 heavy (non-hydrogen) atoms. The van der Waals surface area contributed by atoms with Crippen molar-refractivity contribution in [1.29, 1.82) is 0 Å². The molecule has 0 radical (unpaired) electrons. The van der Waals surface area contributed by atoms with Crippen LogP contribution in [0.2, 0.25) is 0 Å². The van der Waals surface area contributed by atoms with Gasteiger partial charge in [0.2, 0.25) is 0 Å². The van der Waals surface area contributed by atoms with Crippen LogP contribution in [0.15, 0.2) is 47.8 Å². The normalized spacial score (nSPS) is 27.0. The van der Waals surface area contributed by atoms with Crippen molar-refractivity contribution >= 4 is 7.92 Å². The van der Waals surface area contributed by atoms with Crippen molar-refractivity contribution in [3.8, 4) is 0 Å². The van der Waals surface area contributed by atoms with Crippen LogP contribution in [-0.2, 0) is 4.74 Å². The van der Waals surface area contributed by atoms with Gasteiger partial charge in [0.25, 0.3) is 0 Å². The zero-order chi connectivity index (χ0) is 19.4. The molecular weight excluding hydrogens is 351 g/mol. The van der Waals surface area contributed by atoms with Crippen molar-refractivity contribution in [3.63, 3.8) is 0 Å². The molecule has 4 heteroatoms. The molecule has 0 aromatic carbocycles. The fourth-order valence-electron chi connectivity index (χ4n) is 4.90. The molecule has 0 bridgehead atoms. The van der Waals surface area contributed by atoms with E-state index < -0.39 is 0 Å². The molecule has 3 aliphatic rings. The number of nitrogens with zero attached hydrogens (tertiary/aromatic N) is 1. The maximum atomic E-state index is 5.48. The van der Waals surface area contributed by atoms with Crippen LogP contribution < -0.4 is 5.43 Å². The summed E-state index contributed by atoms with van der Waals surface area (Å²) in [5, 5.41) is 4.13. The number of hydrogen-bond donors (Lipinski definition) is 1. The minimum atomic E-state index is -0.134. The lowest BCUT2D eigenvalue weighted by molar-refractivity contribution is 0.0628. The number of methoxy groups -OCH3 is 1. The van der Waals surface area contributed by atoms with Gasteiger partial charge in [-0.15, -0.1) is 0 Å². The average Bonchev–Trinajstić information content (AvgIpc) is 3.35. The van der Waals surface area contributed by atoms with Crippen molar-refractivity contribution in [2.75, 3.05) is 20.3 Å². The Kier molecular flexibility index (Phi) is 7.50. The second-order valence-electron chi connectivity index (χ2n) is 8.54. The summed E-state index contributed by atoms with van der Waals surface area (Å²) < 4.78 is 5.48. The first kappa shape index (κ1) is 21.0. The minimum absolute atomic E-state index is 0.134. The molecular formula is C23H37N2OP. The SMILES string of the molecule is COC[C@@H]1CCCN1NC(C1C=CC=C1)C1C=CC=C1P(C(C)C)C(C)C. The predicted molar refractivity (Wildman–Crippen MR) is 118 cm³/mol. The predicted octanol–water partition coefficient (Wildman–Crippen LogP) is 5.08. The third-order valence-corrected chi connectivity index (χ3v) is 9.24. The number of hydrazine groups is 1. The largest absolute Gasteiger partial charge is 0.383 e. The van der Waals surface area contributed by atoms with Gasteiger partial charge < -0.3 is 4.74 Å². The zero-order valence-corrected chi connectivity index (χ0v) is 18.5. The number of nitrogens with one attached hydrogen (secondary N) is 1. The molecule has 3 atom stereocenters. The van der Waals surface area contributed by atoms with Crippen LogP contribution in [0.5, 0.6) is 0 Å². The van der Waals surface area contributed by atoms with Crippen LogP contribution in [0, 0.1) is 11.8 Å². The first-order valence-corrected chi connectivity index (χ1v) is 12.0. The average molecular weight is 389 g/mol. The lowest BCUT2D eigenvalue weighted by atomic mass is 9.90. The van der Waals surface area contributed by atoms with Gasteiger partial charge in [-0.2, -0.15) is 0 Å². The topological polar surface area (TPSA) is 24.5 Å². The molecule has 1 aliphatic heterocycles. The Morgan fingerprint density at radius 2 is 1.81 bits per heavy atom. The molecule has 1 saturated heterocycles. The van der Waals surface area contributed by atoms with E-state index in [1.165, 1.54) is 12.8 Å². The van der Waals surface area contributed by atoms with E-state index in [-0.39, 0.29) is 7.92 Å². The molecule has 2 aliphatic carbocycles. The Bertz CT molecular complexity index is 587. The Morgan fingerprint density at radius 1 is 1.11 bits per heavy atom. The van der Waals surface area contributed by atoms with E-state index in [2.05, 4.69) is 80.7 Å². The van der Waals surface area contributed by atoms with Crippen molar-refractivity contribution < 1.29 is 4.74 Å². The fourth-order valence-corrected chi connectivity index (χ4v) is 8.13. The lowest BCUT2D eigenvalue weighted by Crippen LogP contribution is -2.53. The second-order valence-corrected chi connectivity index (χ2v) is 11.9. The van der Waals surface area contributed by atoms with E-state index in [4.69, 9.17) is 4.74 Å². The number of hydrogen-bond acceptors (Lipinski definition) is 3. The Morgan fingerprint density at radius 3 is 2.44 bits per heavy atom. The molecule has 1 N–H and O–H groups in total. The van der Waals surface area contributed by atoms with Crippen molar-refractivity contribution in [3.05, 3.63) is 47.8 Å². The van der Waals surface area contributed by atoms with Crippen LogP contribution in [-0.4, -0.2) is 48.7 Å². The van der Waals surface area contributed by atoms with Gasteiger partial charge in [-0.3, -0.25) is 0 Å². The molecule has 3 rings (SSSR count). The first-order chi connectivity index (χ1) is 13.0. The van der Waals surface area contributed by atoms with Gasteiger partial charge in [0.05, 0.1) is 6.61 Å². The Hall–Kier alpha value is -0.730. The van der Waals surface area contributed by atoms with E-state index in [0.29, 0.717) is 23.9 Å². The molecule has 0 saturated carbocycles. The fraction of sp³-hybridized carbons (Fsp3) is 0.652. The number of rotatable bonds is 9. The molecule has 0 aromatic rings. The van der Waals surface area contributed by atoms with Gasteiger partial charge >= 0.3 is 0 Å². The van der Waals surface area contributed by atoms with Gasteiger partial charge in [0, 0.05) is 37.6 Å². The van der Waals surface area contributed by atoms with Gasteiger partial charge in [-0.1, -0.05) is 78.1 Å². The van der Waals surface area contributed by atoms with E-state index in [1.54, 1.807) is 5.31 Å². The van der Waals surface area contributed by atoms with Gasteiger partial charge in [0.1, 0.15) is 0 Å². The van der Waals surface area contributed by atoms with Crippen LogP contribution in [0.3, 0.4) is 0 Å². The monoisotopic (exact) mass is 388 g/mol. The highest BCUT2D eigenvalue weighted by Gasteiger charge is 2.37. The summed E-state index contributed by atoms with van der Waals surface area (Å²) in [5.74, 6) is 0.920. The highest BCUT2D eigenvalue weighted by atomic mass is 31.1. The maximum absolute atomic E-state index is 5.48. The van der Waals surface area contributed by atoms with E-state index in [0.717, 1.165) is 24.5 Å². The third-order valence-electron chi connectivity index (χ3n) is 5.97. The van der Waals surface area contributed by atoms with Gasteiger partial charge in [-0.05, 0) is 29.5 Å². The maximum Gasteiger partial charge on any atom is 0.0632 e. The van der Waals surface area contributed by atoms with E-state index >= 15 is 0 Å². The summed E-state index contributed by atoms with van der Waals surface area (Å²) in [4.78, 5) is 0. The second kappa shape index (κ2) is 9.65. The summed E-state index contributed by atoms with van der Waals surface area (Å²) in [6, 6.07) is 0.867.